The van der Waals surface area contributed by atoms with Crippen LogP contribution in [0.5, 0.6) is 0 Å². The summed E-state index contributed by atoms with van der Waals surface area (Å²) in [6.07, 6.45) is 8.34. The van der Waals surface area contributed by atoms with Gasteiger partial charge in [0, 0.05) is 0 Å². The van der Waals surface area contributed by atoms with Crippen molar-refractivity contribution < 1.29 is 19.1 Å². The number of allylic oxidation sites excluding steroid dienone is 2. The van der Waals surface area contributed by atoms with Gasteiger partial charge in [-0.2, -0.15) is 0 Å². The second-order valence-corrected chi connectivity index (χ2v) is 5.61. The van der Waals surface area contributed by atoms with E-state index in [1.807, 2.05) is 12.2 Å². The van der Waals surface area contributed by atoms with Crippen LogP contribution in [0.25, 0.3) is 0 Å². The molecule has 3 heterocycles. The van der Waals surface area contributed by atoms with E-state index in [1.54, 1.807) is 0 Å². The molecule has 1 saturated carbocycles. The van der Waals surface area contributed by atoms with E-state index in [4.69, 9.17) is 9.47 Å². The highest BCUT2D eigenvalue weighted by Gasteiger charge is 2.87. The van der Waals surface area contributed by atoms with E-state index in [2.05, 4.69) is 12.2 Å². The molecule has 0 aromatic rings. The molecule has 0 aromatic carbocycles. The molecule has 5 rings (SSSR count). The predicted molar refractivity (Wildman–Crippen MR) is 54.5 cm³/mol. The average molecular weight is 230 g/mol. The van der Waals surface area contributed by atoms with Crippen molar-refractivity contribution in [2.24, 2.45) is 22.7 Å². The number of carbonyl (C=O) groups excluding carboxylic acids is 2. The van der Waals surface area contributed by atoms with Crippen LogP contribution in [-0.4, -0.2) is 24.1 Å². The molecule has 3 aliphatic heterocycles. The van der Waals surface area contributed by atoms with E-state index in [9.17, 15) is 9.59 Å². The van der Waals surface area contributed by atoms with Gasteiger partial charge in [-0.3, -0.25) is 9.59 Å². The van der Waals surface area contributed by atoms with Gasteiger partial charge >= 0.3 is 11.9 Å². The molecule has 4 heteroatoms. The fourth-order valence-corrected chi connectivity index (χ4v) is 4.98. The second-order valence-electron chi connectivity index (χ2n) is 5.61. The van der Waals surface area contributed by atoms with Crippen molar-refractivity contribution in [3.8, 4) is 0 Å². The van der Waals surface area contributed by atoms with Crippen LogP contribution >= 0.6 is 0 Å². The number of esters is 2. The quantitative estimate of drug-likeness (QED) is 0.347. The summed E-state index contributed by atoms with van der Waals surface area (Å²) in [6, 6.07) is 0. The Morgan fingerprint density at radius 1 is 0.941 bits per heavy atom. The summed E-state index contributed by atoms with van der Waals surface area (Å²) in [7, 11) is 0. The number of hydrogen-bond donors (Lipinski definition) is 0. The molecular formula is C13H10O4. The van der Waals surface area contributed by atoms with Gasteiger partial charge < -0.3 is 9.47 Å². The molecule has 86 valence electrons. The SMILES string of the molecule is O=C1OC(=O)[C@]23[C@@H]4C=C[C@@H](C4)[C@]12[C@@H]1C=C[C@H]3O1. The minimum atomic E-state index is -0.747. The molecule has 0 N–H and O–H groups in total. The fraction of sp³-hybridized carbons (Fsp3) is 0.538. The summed E-state index contributed by atoms with van der Waals surface area (Å²) < 4.78 is 10.8. The van der Waals surface area contributed by atoms with E-state index < -0.39 is 10.8 Å². The summed E-state index contributed by atoms with van der Waals surface area (Å²) in [5, 5.41) is 0. The van der Waals surface area contributed by atoms with Gasteiger partial charge in [-0.15, -0.1) is 0 Å². The van der Waals surface area contributed by atoms with Crippen molar-refractivity contribution in [1.29, 1.82) is 0 Å². The smallest absolute Gasteiger partial charge is 0.324 e. The predicted octanol–water partition coefficient (Wildman–Crippen LogP) is 0.586. The van der Waals surface area contributed by atoms with Crippen LogP contribution in [0.2, 0.25) is 0 Å². The fourth-order valence-electron chi connectivity index (χ4n) is 4.98. The zero-order valence-corrected chi connectivity index (χ0v) is 8.96. The summed E-state index contributed by atoms with van der Waals surface area (Å²) in [5.41, 5.74) is -1.49. The largest absolute Gasteiger partial charge is 0.392 e. The lowest BCUT2D eigenvalue weighted by Gasteiger charge is -2.38. The van der Waals surface area contributed by atoms with Crippen LogP contribution in [0, 0.1) is 22.7 Å². The summed E-state index contributed by atoms with van der Waals surface area (Å²) in [4.78, 5) is 24.5. The normalized spacial score (nSPS) is 60.0. The number of carbonyl (C=O) groups is 2. The third kappa shape index (κ3) is 0.537. The molecule has 5 aliphatic rings. The van der Waals surface area contributed by atoms with Crippen LogP contribution in [0.4, 0.5) is 0 Å². The maximum absolute atomic E-state index is 12.3. The molecule has 0 amide bonds. The Bertz CT molecular complexity index is 472. The van der Waals surface area contributed by atoms with Gasteiger partial charge in [0.25, 0.3) is 0 Å². The van der Waals surface area contributed by atoms with E-state index in [-0.39, 0.29) is 36.0 Å². The first-order valence-corrected chi connectivity index (χ1v) is 6.01. The van der Waals surface area contributed by atoms with Gasteiger partial charge in [0.05, 0.1) is 12.2 Å². The van der Waals surface area contributed by atoms with Gasteiger partial charge in [-0.25, -0.2) is 0 Å². The third-order valence-electron chi connectivity index (χ3n) is 5.45. The first kappa shape index (κ1) is 8.64. The Morgan fingerprint density at radius 3 is 2.00 bits per heavy atom. The first-order valence-electron chi connectivity index (χ1n) is 6.01. The Hall–Kier alpha value is -1.42. The first-order chi connectivity index (χ1) is 8.22. The van der Waals surface area contributed by atoms with E-state index in [1.165, 1.54) is 0 Å². The standard InChI is InChI=1S/C13H10O4/c14-10-12-6-1-2-7(5-6)13(12,11(15)17-10)9-4-3-8(12)16-9/h1-4,6-9H,5H2/t6-,7+,8-,9+,12-,13+. The maximum Gasteiger partial charge on any atom is 0.324 e. The van der Waals surface area contributed by atoms with E-state index in [0.29, 0.717) is 0 Å². The number of ether oxygens (including phenoxy) is 2. The lowest BCUT2D eigenvalue weighted by Crippen LogP contribution is -2.53. The molecule has 6 atom stereocenters. The number of cyclic esters (lactones) is 2. The number of hydrogen-bond acceptors (Lipinski definition) is 4. The summed E-state index contributed by atoms with van der Waals surface area (Å²) in [6.45, 7) is 0. The van der Waals surface area contributed by atoms with Crippen molar-refractivity contribution >= 4 is 11.9 Å². The Kier molecular flexibility index (Phi) is 1.08. The van der Waals surface area contributed by atoms with Gasteiger partial charge in [0.1, 0.15) is 10.8 Å². The molecular weight excluding hydrogens is 220 g/mol. The van der Waals surface area contributed by atoms with Crippen molar-refractivity contribution in [1.82, 2.24) is 0 Å². The van der Waals surface area contributed by atoms with Crippen LogP contribution < -0.4 is 0 Å². The molecule has 0 radical (unpaired) electrons. The van der Waals surface area contributed by atoms with Crippen LogP contribution in [-0.2, 0) is 19.1 Å². The van der Waals surface area contributed by atoms with Crippen LogP contribution in [0.15, 0.2) is 24.3 Å². The van der Waals surface area contributed by atoms with Crippen LogP contribution in [0.3, 0.4) is 0 Å². The Balaban J connectivity index is 1.93. The summed E-state index contributed by atoms with van der Waals surface area (Å²) in [5.74, 6) is -0.523. The van der Waals surface area contributed by atoms with E-state index in [0.717, 1.165) is 6.42 Å². The Morgan fingerprint density at radius 2 is 1.47 bits per heavy atom. The minimum absolute atomic E-state index is 0.103. The third-order valence-corrected chi connectivity index (χ3v) is 5.45. The molecule has 3 fully saturated rings. The van der Waals surface area contributed by atoms with Crippen molar-refractivity contribution in [2.45, 2.75) is 18.6 Å². The highest BCUT2D eigenvalue weighted by molar-refractivity contribution is 6.06. The van der Waals surface area contributed by atoms with E-state index >= 15 is 0 Å². The Labute approximate surface area is 97.3 Å². The molecule has 4 nitrogen and oxygen atoms in total. The molecule has 17 heavy (non-hydrogen) atoms. The van der Waals surface area contributed by atoms with Crippen molar-refractivity contribution in [3.05, 3.63) is 24.3 Å². The van der Waals surface area contributed by atoms with Crippen molar-refractivity contribution in [2.75, 3.05) is 0 Å². The molecule has 2 aliphatic carbocycles. The second kappa shape index (κ2) is 2.12. The molecule has 4 bridgehead atoms. The average Bonchev–Trinajstić information content (AvgIpc) is 3.04. The van der Waals surface area contributed by atoms with Crippen molar-refractivity contribution in [3.63, 3.8) is 0 Å². The topological polar surface area (TPSA) is 52.6 Å². The lowest BCUT2D eigenvalue weighted by molar-refractivity contribution is -0.161. The minimum Gasteiger partial charge on any atom is -0.392 e. The zero-order valence-electron chi connectivity index (χ0n) is 8.96. The number of fused-ring (bicyclic) bond motifs is 4. The highest BCUT2D eigenvalue weighted by atomic mass is 16.6. The van der Waals surface area contributed by atoms with Crippen LogP contribution in [0.1, 0.15) is 6.42 Å². The molecule has 2 saturated heterocycles. The van der Waals surface area contributed by atoms with Gasteiger partial charge in [0.2, 0.25) is 0 Å². The highest BCUT2D eigenvalue weighted by Crippen LogP contribution is 2.75. The monoisotopic (exact) mass is 230 g/mol. The molecule has 0 aromatic heterocycles. The van der Waals surface area contributed by atoms with Gasteiger partial charge in [-0.1, -0.05) is 24.3 Å². The zero-order chi connectivity index (χ0) is 11.4. The van der Waals surface area contributed by atoms with Gasteiger partial charge in [-0.05, 0) is 18.3 Å². The maximum atomic E-state index is 12.3. The van der Waals surface area contributed by atoms with Gasteiger partial charge in [0.15, 0.2) is 0 Å². The summed E-state index contributed by atoms with van der Waals surface area (Å²) >= 11 is 0. The molecule has 0 spiro atoms. The lowest BCUT2D eigenvalue weighted by atomic mass is 9.54. The molecule has 0 unspecified atom stereocenters. The number of rotatable bonds is 0.